The van der Waals surface area contributed by atoms with Crippen LogP contribution in [0.1, 0.15) is 11.3 Å². The third-order valence-electron chi connectivity index (χ3n) is 3.46. The molecule has 0 unspecified atom stereocenters. The van der Waals surface area contributed by atoms with Gasteiger partial charge in [0, 0.05) is 43.6 Å². The summed E-state index contributed by atoms with van der Waals surface area (Å²) in [5.41, 5.74) is 3.89. The highest BCUT2D eigenvalue weighted by Crippen LogP contribution is 2.17. The quantitative estimate of drug-likeness (QED) is 0.689. The molecule has 0 aliphatic heterocycles. The van der Waals surface area contributed by atoms with E-state index in [0.29, 0.717) is 0 Å². The van der Waals surface area contributed by atoms with Crippen molar-refractivity contribution in [3.8, 4) is 0 Å². The van der Waals surface area contributed by atoms with Crippen molar-refractivity contribution in [1.29, 1.82) is 0 Å². The SMILES string of the molecule is Cc1ccc2c(ccn2CCc2ccnn2C)c1. The average Bonchev–Trinajstić information content (AvgIpc) is 2.93. The van der Waals surface area contributed by atoms with Crippen molar-refractivity contribution < 1.29 is 0 Å². The van der Waals surface area contributed by atoms with Crippen molar-refractivity contribution in [3.05, 3.63) is 54.0 Å². The molecule has 0 atom stereocenters. The summed E-state index contributed by atoms with van der Waals surface area (Å²) in [5.74, 6) is 0. The molecule has 0 spiro atoms. The first-order chi connectivity index (χ1) is 8.74. The molecule has 1 aromatic carbocycles. The highest BCUT2D eigenvalue weighted by molar-refractivity contribution is 5.80. The molecule has 0 N–H and O–H groups in total. The lowest BCUT2D eigenvalue weighted by Crippen LogP contribution is -2.04. The molecule has 0 aliphatic rings. The van der Waals surface area contributed by atoms with Gasteiger partial charge in [0.25, 0.3) is 0 Å². The molecular formula is C15H17N3. The van der Waals surface area contributed by atoms with Gasteiger partial charge in [0.05, 0.1) is 0 Å². The number of hydrogen-bond donors (Lipinski definition) is 0. The largest absolute Gasteiger partial charge is 0.347 e. The number of nitrogens with zero attached hydrogens (tertiary/aromatic N) is 3. The zero-order valence-corrected chi connectivity index (χ0v) is 10.8. The fraction of sp³-hybridized carbons (Fsp3) is 0.267. The number of benzene rings is 1. The van der Waals surface area contributed by atoms with Gasteiger partial charge in [-0.15, -0.1) is 0 Å². The summed E-state index contributed by atoms with van der Waals surface area (Å²) in [5, 5.41) is 5.52. The molecule has 0 radical (unpaired) electrons. The molecule has 3 aromatic rings. The molecule has 2 heterocycles. The highest BCUT2D eigenvalue weighted by atomic mass is 15.3. The van der Waals surface area contributed by atoms with E-state index < -0.39 is 0 Å². The van der Waals surface area contributed by atoms with Crippen molar-refractivity contribution in [2.45, 2.75) is 19.9 Å². The first kappa shape index (κ1) is 11.1. The van der Waals surface area contributed by atoms with E-state index in [-0.39, 0.29) is 0 Å². The lowest BCUT2D eigenvalue weighted by molar-refractivity contribution is 0.649. The minimum atomic E-state index is 0.992. The molecule has 2 aromatic heterocycles. The molecule has 0 saturated heterocycles. The first-order valence-electron chi connectivity index (χ1n) is 6.26. The molecular weight excluding hydrogens is 222 g/mol. The summed E-state index contributed by atoms with van der Waals surface area (Å²) in [7, 11) is 1.99. The van der Waals surface area contributed by atoms with Crippen LogP contribution in [0, 0.1) is 6.92 Å². The van der Waals surface area contributed by atoms with Gasteiger partial charge in [-0.25, -0.2) is 0 Å². The molecule has 0 amide bonds. The van der Waals surface area contributed by atoms with Crippen molar-refractivity contribution in [2.24, 2.45) is 7.05 Å². The Labute approximate surface area is 107 Å². The van der Waals surface area contributed by atoms with Gasteiger partial charge < -0.3 is 4.57 Å². The van der Waals surface area contributed by atoms with Crippen LogP contribution in [-0.2, 0) is 20.0 Å². The predicted molar refractivity (Wildman–Crippen MR) is 73.6 cm³/mol. The number of hydrogen-bond acceptors (Lipinski definition) is 1. The Hall–Kier alpha value is -2.03. The summed E-state index contributed by atoms with van der Waals surface area (Å²) in [6, 6.07) is 10.9. The molecule has 0 bridgehead atoms. The van der Waals surface area contributed by atoms with Crippen LogP contribution in [0.3, 0.4) is 0 Å². The summed E-state index contributed by atoms with van der Waals surface area (Å²) < 4.78 is 4.25. The van der Waals surface area contributed by atoms with Gasteiger partial charge in [0.2, 0.25) is 0 Å². The van der Waals surface area contributed by atoms with Gasteiger partial charge in [-0.3, -0.25) is 4.68 Å². The fourth-order valence-corrected chi connectivity index (χ4v) is 2.40. The molecule has 18 heavy (non-hydrogen) atoms. The molecule has 92 valence electrons. The number of fused-ring (bicyclic) bond motifs is 1. The van der Waals surface area contributed by atoms with E-state index in [2.05, 4.69) is 53.1 Å². The summed E-state index contributed by atoms with van der Waals surface area (Å²) in [4.78, 5) is 0. The van der Waals surface area contributed by atoms with Crippen molar-refractivity contribution in [1.82, 2.24) is 14.3 Å². The van der Waals surface area contributed by atoms with Crippen molar-refractivity contribution in [3.63, 3.8) is 0 Å². The Morgan fingerprint density at radius 3 is 2.83 bits per heavy atom. The van der Waals surface area contributed by atoms with E-state index in [9.17, 15) is 0 Å². The Morgan fingerprint density at radius 2 is 2.06 bits per heavy atom. The Morgan fingerprint density at radius 1 is 1.17 bits per heavy atom. The number of aryl methyl sites for hydroxylation is 4. The highest BCUT2D eigenvalue weighted by Gasteiger charge is 2.03. The van der Waals surface area contributed by atoms with Crippen molar-refractivity contribution >= 4 is 10.9 Å². The van der Waals surface area contributed by atoms with Crippen LogP contribution in [0.2, 0.25) is 0 Å². The second-order valence-corrected chi connectivity index (χ2v) is 4.77. The monoisotopic (exact) mass is 239 g/mol. The molecule has 3 nitrogen and oxygen atoms in total. The van der Waals surface area contributed by atoms with Crippen molar-refractivity contribution in [2.75, 3.05) is 0 Å². The first-order valence-corrected chi connectivity index (χ1v) is 6.26. The maximum Gasteiger partial charge on any atom is 0.0492 e. The van der Waals surface area contributed by atoms with E-state index in [4.69, 9.17) is 0 Å². The van der Waals surface area contributed by atoms with E-state index in [1.54, 1.807) is 0 Å². The Kier molecular flexibility index (Phi) is 2.67. The molecule has 3 heteroatoms. The molecule has 0 saturated carbocycles. The third kappa shape index (κ3) is 1.92. The van der Waals surface area contributed by atoms with Gasteiger partial charge >= 0.3 is 0 Å². The zero-order chi connectivity index (χ0) is 12.5. The minimum absolute atomic E-state index is 0.992. The standard InChI is InChI=1S/C15H17N3/c1-12-3-4-15-13(11-12)6-9-18(15)10-7-14-5-8-16-17(14)2/h3-6,8-9,11H,7,10H2,1-2H3. The molecule has 0 fully saturated rings. The Bertz CT molecular complexity index is 676. The lowest BCUT2D eigenvalue weighted by atomic mass is 10.2. The lowest BCUT2D eigenvalue weighted by Gasteiger charge is -2.06. The summed E-state index contributed by atoms with van der Waals surface area (Å²) >= 11 is 0. The minimum Gasteiger partial charge on any atom is -0.347 e. The van der Waals surface area contributed by atoms with Crippen LogP contribution in [0.5, 0.6) is 0 Å². The van der Waals surface area contributed by atoms with Gasteiger partial charge in [-0.1, -0.05) is 11.6 Å². The van der Waals surface area contributed by atoms with Crippen LogP contribution in [0.15, 0.2) is 42.7 Å². The molecule has 3 rings (SSSR count). The van der Waals surface area contributed by atoms with Gasteiger partial charge in [-0.05, 0) is 36.6 Å². The van der Waals surface area contributed by atoms with Gasteiger partial charge in [0.15, 0.2) is 0 Å². The van der Waals surface area contributed by atoms with Crippen LogP contribution in [0.4, 0.5) is 0 Å². The Balaban J connectivity index is 1.85. The van der Waals surface area contributed by atoms with Crippen LogP contribution < -0.4 is 0 Å². The van der Waals surface area contributed by atoms with Gasteiger partial charge in [-0.2, -0.15) is 5.10 Å². The van der Waals surface area contributed by atoms with Gasteiger partial charge in [0.1, 0.15) is 0 Å². The smallest absolute Gasteiger partial charge is 0.0492 e. The zero-order valence-electron chi connectivity index (χ0n) is 10.8. The summed E-state index contributed by atoms with van der Waals surface area (Å²) in [6.07, 6.45) is 5.03. The summed E-state index contributed by atoms with van der Waals surface area (Å²) in [6.45, 7) is 3.12. The van der Waals surface area contributed by atoms with E-state index in [1.807, 2.05) is 17.9 Å². The van der Waals surface area contributed by atoms with Crippen LogP contribution in [0.25, 0.3) is 10.9 Å². The fourth-order valence-electron chi connectivity index (χ4n) is 2.40. The maximum absolute atomic E-state index is 4.20. The second-order valence-electron chi connectivity index (χ2n) is 4.77. The maximum atomic E-state index is 4.20. The van der Waals surface area contributed by atoms with E-state index >= 15 is 0 Å². The average molecular weight is 239 g/mol. The van der Waals surface area contributed by atoms with Crippen LogP contribution >= 0.6 is 0 Å². The normalized spacial score (nSPS) is 11.2. The number of aromatic nitrogens is 3. The molecule has 0 aliphatic carbocycles. The number of rotatable bonds is 3. The second kappa shape index (κ2) is 4.33. The van der Waals surface area contributed by atoms with E-state index in [1.165, 1.54) is 22.2 Å². The predicted octanol–water partition coefficient (Wildman–Crippen LogP) is 2.93. The third-order valence-corrected chi connectivity index (χ3v) is 3.46. The van der Waals surface area contributed by atoms with E-state index in [0.717, 1.165) is 13.0 Å². The topological polar surface area (TPSA) is 22.8 Å². The van der Waals surface area contributed by atoms with Crippen LogP contribution in [-0.4, -0.2) is 14.3 Å².